The molecule has 0 saturated carbocycles. The average Bonchev–Trinajstić information content (AvgIpc) is 3.19. The molecule has 0 spiro atoms. The third kappa shape index (κ3) is 7.79. The van der Waals surface area contributed by atoms with Gasteiger partial charge < -0.3 is 19.7 Å². The van der Waals surface area contributed by atoms with Gasteiger partial charge in [0.25, 0.3) is 11.8 Å². The number of amides is 3. The zero-order valence-electron chi connectivity index (χ0n) is 23.7. The maximum atomic E-state index is 13.1. The van der Waals surface area contributed by atoms with Gasteiger partial charge in [0.15, 0.2) is 0 Å². The summed E-state index contributed by atoms with van der Waals surface area (Å²) in [4.78, 5) is 64.5. The van der Waals surface area contributed by atoms with Crippen LogP contribution in [-0.2, 0) is 23.9 Å². The normalized spacial score (nSPS) is 12.5. The first-order valence-electron chi connectivity index (χ1n) is 13.1. The maximum Gasteiger partial charge on any atom is 0.307 e. The van der Waals surface area contributed by atoms with Crippen LogP contribution in [-0.4, -0.2) is 68.4 Å². The first-order chi connectivity index (χ1) is 20.0. The number of unbranched alkanes of at least 4 members (excludes halogenated alkanes) is 1. The van der Waals surface area contributed by atoms with E-state index in [-0.39, 0.29) is 48.9 Å². The van der Waals surface area contributed by atoms with E-state index in [4.69, 9.17) is 9.47 Å². The van der Waals surface area contributed by atoms with E-state index in [2.05, 4.69) is 47.4 Å². The second-order valence-corrected chi connectivity index (χ2v) is 10.9. The van der Waals surface area contributed by atoms with Crippen LogP contribution >= 0.6 is 31.9 Å². The molecule has 1 aliphatic heterocycles. The van der Waals surface area contributed by atoms with Gasteiger partial charge in [0, 0.05) is 36.7 Å². The van der Waals surface area contributed by atoms with Crippen LogP contribution in [0.5, 0.6) is 0 Å². The molecule has 3 amide bonds. The molecule has 0 atom stereocenters. The number of esters is 2. The number of carbonyl (C=O) groups excluding carboxylic acids is 5. The van der Waals surface area contributed by atoms with Crippen molar-refractivity contribution in [3.05, 3.63) is 44.3 Å². The van der Waals surface area contributed by atoms with Crippen molar-refractivity contribution in [1.29, 1.82) is 0 Å². The molecule has 0 saturated heterocycles. The lowest BCUT2D eigenvalue weighted by Gasteiger charge is -2.25. The van der Waals surface area contributed by atoms with Gasteiger partial charge in [0.2, 0.25) is 5.91 Å². The van der Waals surface area contributed by atoms with E-state index in [0.717, 1.165) is 6.42 Å². The number of ether oxygens (including phenoxy) is 2. The van der Waals surface area contributed by atoms with Crippen molar-refractivity contribution < 1.29 is 33.4 Å². The number of imide groups is 1. The Bertz CT molecular complexity index is 1410. The lowest BCUT2D eigenvalue weighted by atomic mass is 10.1. The number of azo groups is 1. The number of hydrogen-bond acceptors (Lipinski definition) is 10. The minimum Gasteiger partial charge on any atom is -0.469 e. The molecule has 42 heavy (non-hydrogen) atoms. The van der Waals surface area contributed by atoms with Gasteiger partial charge in [-0.05, 0) is 62.5 Å². The smallest absolute Gasteiger partial charge is 0.307 e. The summed E-state index contributed by atoms with van der Waals surface area (Å²) in [6, 6.07) is 6.56. The number of hydrogen-bond donors (Lipinski definition) is 1. The Morgan fingerprint density at radius 2 is 1.62 bits per heavy atom. The number of rotatable bonds is 13. The molecule has 2 aromatic rings. The van der Waals surface area contributed by atoms with Crippen molar-refractivity contribution in [1.82, 2.24) is 4.90 Å². The zero-order valence-corrected chi connectivity index (χ0v) is 26.8. The van der Waals surface area contributed by atoms with E-state index >= 15 is 0 Å². The van der Waals surface area contributed by atoms with Crippen LogP contribution in [0.4, 0.5) is 22.7 Å². The quantitative estimate of drug-likeness (QED) is 0.153. The highest BCUT2D eigenvalue weighted by Crippen LogP contribution is 2.43. The predicted molar refractivity (Wildman–Crippen MR) is 163 cm³/mol. The molecule has 1 heterocycles. The van der Waals surface area contributed by atoms with E-state index < -0.39 is 17.8 Å². The molecule has 1 N–H and O–H groups in total. The number of nitrogens with zero attached hydrogens (tertiary/aromatic N) is 4. The Balaban J connectivity index is 1.97. The van der Waals surface area contributed by atoms with Crippen molar-refractivity contribution >= 4 is 84.3 Å². The molecule has 0 aliphatic carbocycles. The number of methoxy groups -OCH3 is 2. The van der Waals surface area contributed by atoms with Crippen LogP contribution in [0.1, 0.15) is 60.2 Å². The van der Waals surface area contributed by atoms with Gasteiger partial charge >= 0.3 is 11.9 Å². The number of benzene rings is 2. The number of anilines is 2. The van der Waals surface area contributed by atoms with Crippen molar-refractivity contribution in [2.24, 2.45) is 10.2 Å². The lowest BCUT2D eigenvalue weighted by molar-refractivity contribution is -0.140. The number of fused-ring (bicyclic) bond motifs is 1. The summed E-state index contributed by atoms with van der Waals surface area (Å²) in [6.45, 7) is 4.16. The second kappa shape index (κ2) is 15.0. The predicted octanol–water partition coefficient (Wildman–Crippen LogP) is 5.91. The first-order valence-corrected chi connectivity index (χ1v) is 14.7. The van der Waals surface area contributed by atoms with Gasteiger partial charge in [-0.2, -0.15) is 0 Å². The Labute approximate surface area is 260 Å². The Hall–Kier alpha value is -3.65. The van der Waals surface area contributed by atoms with Crippen LogP contribution in [0, 0.1) is 0 Å². The fourth-order valence-corrected chi connectivity index (χ4v) is 5.65. The molecular formula is C28H31Br2N5O7. The zero-order chi connectivity index (χ0) is 31.0. The third-order valence-electron chi connectivity index (χ3n) is 6.40. The largest absolute Gasteiger partial charge is 0.469 e. The molecule has 14 heteroatoms. The Morgan fingerprint density at radius 1 is 0.976 bits per heavy atom. The van der Waals surface area contributed by atoms with Gasteiger partial charge in [0.1, 0.15) is 11.4 Å². The van der Waals surface area contributed by atoms with Crippen LogP contribution in [0.2, 0.25) is 0 Å². The van der Waals surface area contributed by atoms with Crippen LogP contribution in [0.15, 0.2) is 43.4 Å². The minimum absolute atomic E-state index is 0.0755. The number of nitrogens with one attached hydrogen (secondary N) is 1. The van der Waals surface area contributed by atoms with Crippen LogP contribution in [0.25, 0.3) is 0 Å². The summed E-state index contributed by atoms with van der Waals surface area (Å²) < 4.78 is 10.3. The summed E-state index contributed by atoms with van der Waals surface area (Å²) in [5, 5.41) is 11.4. The van der Waals surface area contributed by atoms with Gasteiger partial charge in [-0.3, -0.25) is 28.9 Å². The highest BCUT2D eigenvalue weighted by molar-refractivity contribution is 9.11. The highest BCUT2D eigenvalue weighted by atomic mass is 79.9. The average molecular weight is 709 g/mol. The topological polar surface area (TPSA) is 147 Å². The van der Waals surface area contributed by atoms with Gasteiger partial charge in [0.05, 0.1) is 48.3 Å². The van der Waals surface area contributed by atoms with Crippen molar-refractivity contribution in [3.8, 4) is 0 Å². The molecule has 0 unspecified atom stereocenters. The first kappa shape index (κ1) is 32.9. The standard InChI is InChI=1S/C28H31Br2N5O7/c1-5-6-11-35-27(39)18-15-19(29)26(25(30)24(18)28(35)40)33-32-20-8-7-17(14-21(20)31-16(2)36)34(12-9-22(37)41-3)13-10-23(38)42-4/h7-8,14-15H,5-6,9-13H2,1-4H3,(H,31,36). The van der Waals surface area contributed by atoms with E-state index in [1.54, 1.807) is 29.2 Å². The lowest BCUT2D eigenvalue weighted by Crippen LogP contribution is -2.30. The van der Waals surface area contributed by atoms with Crippen LogP contribution < -0.4 is 10.2 Å². The molecule has 0 fully saturated rings. The summed E-state index contributed by atoms with van der Waals surface area (Å²) in [5.41, 5.74) is 2.04. The SMILES string of the molecule is CCCCN1C(=O)c2cc(Br)c(N=Nc3ccc(N(CCC(=O)OC)CCC(=O)OC)cc3NC(C)=O)c(Br)c2C1=O. The van der Waals surface area contributed by atoms with Gasteiger partial charge in [-0.1, -0.05) is 13.3 Å². The molecule has 12 nitrogen and oxygen atoms in total. The summed E-state index contributed by atoms with van der Waals surface area (Å²) in [7, 11) is 2.59. The van der Waals surface area contributed by atoms with Crippen LogP contribution in [0.3, 0.4) is 0 Å². The fourth-order valence-electron chi connectivity index (χ4n) is 4.20. The number of halogens is 2. The molecular weight excluding hydrogens is 678 g/mol. The van der Waals surface area contributed by atoms with Crippen molar-refractivity contribution in [3.63, 3.8) is 0 Å². The monoisotopic (exact) mass is 707 g/mol. The van der Waals surface area contributed by atoms with E-state index in [1.165, 1.54) is 26.0 Å². The van der Waals surface area contributed by atoms with Gasteiger partial charge in [-0.25, -0.2) is 0 Å². The summed E-state index contributed by atoms with van der Waals surface area (Å²) in [5.74, 6) is -1.94. The molecule has 2 aromatic carbocycles. The minimum atomic E-state index is -0.412. The Morgan fingerprint density at radius 3 is 2.19 bits per heavy atom. The van der Waals surface area contributed by atoms with Crippen molar-refractivity contribution in [2.45, 2.75) is 39.5 Å². The molecule has 0 aromatic heterocycles. The molecule has 0 radical (unpaired) electrons. The summed E-state index contributed by atoms with van der Waals surface area (Å²) in [6.07, 6.45) is 1.68. The Kier molecular flexibility index (Phi) is 11.7. The molecule has 224 valence electrons. The van der Waals surface area contributed by atoms with E-state index in [0.29, 0.717) is 44.7 Å². The van der Waals surface area contributed by atoms with Crippen molar-refractivity contribution in [2.75, 3.05) is 44.1 Å². The van der Waals surface area contributed by atoms with E-state index in [1.807, 2.05) is 6.92 Å². The second-order valence-electron chi connectivity index (χ2n) is 9.28. The number of carbonyl (C=O) groups is 5. The third-order valence-corrected chi connectivity index (χ3v) is 7.78. The molecule has 0 bridgehead atoms. The summed E-state index contributed by atoms with van der Waals surface area (Å²) >= 11 is 6.88. The molecule has 1 aliphatic rings. The highest BCUT2D eigenvalue weighted by Gasteiger charge is 2.38. The van der Waals surface area contributed by atoms with Gasteiger partial charge in [-0.15, -0.1) is 10.2 Å². The molecule has 3 rings (SSSR count). The maximum absolute atomic E-state index is 13.1. The van der Waals surface area contributed by atoms with E-state index in [9.17, 15) is 24.0 Å². The fraction of sp³-hybridized carbons (Fsp3) is 0.393.